The van der Waals surface area contributed by atoms with E-state index in [0.717, 1.165) is 22.1 Å². The highest BCUT2D eigenvalue weighted by atomic mass is 32.1. The molecule has 0 unspecified atom stereocenters. The zero-order valence-corrected chi connectivity index (χ0v) is 21.7. The molecule has 0 amide bonds. The highest BCUT2D eigenvalue weighted by Crippen LogP contribution is 2.39. The lowest BCUT2D eigenvalue weighted by Crippen LogP contribution is -2.00. The molecule has 0 aliphatic carbocycles. The van der Waals surface area contributed by atoms with E-state index in [-0.39, 0.29) is 0 Å². The maximum atomic E-state index is 5.00. The van der Waals surface area contributed by atoms with Gasteiger partial charge < -0.3 is 0 Å². The molecule has 2 heterocycles. The lowest BCUT2D eigenvalue weighted by atomic mass is 10.0. The molecular weight excluding hydrogens is 494 g/mol. The van der Waals surface area contributed by atoms with E-state index in [9.17, 15) is 0 Å². The minimum Gasteiger partial charge on any atom is -0.208 e. The van der Waals surface area contributed by atoms with Crippen molar-refractivity contribution in [3.8, 4) is 34.2 Å². The summed E-state index contributed by atoms with van der Waals surface area (Å²) in [6, 6.07) is 44.5. The predicted octanol–water partition coefficient (Wildman–Crippen LogP) is 9.55. The van der Waals surface area contributed by atoms with Crippen LogP contribution >= 0.6 is 11.3 Å². The maximum absolute atomic E-state index is 5.00. The van der Waals surface area contributed by atoms with Crippen LogP contribution in [-0.2, 0) is 0 Å². The van der Waals surface area contributed by atoms with Crippen molar-refractivity contribution >= 4 is 53.1 Å². The van der Waals surface area contributed by atoms with E-state index in [1.54, 1.807) is 0 Å². The first kappa shape index (κ1) is 22.1. The SMILES string of the molecule is c1ccc(-c2nc(-c3ccc4ccccc4c3)nc(-c3ccc4c(ccc5sc6ccccc6c54)c3)n2)cc1. The van der Waals surface area contributed by atoms with Gasteiger partial charge in [0, 0.05) is 36.9 Å². The maximum Gasteiger partial charge on any atom is 0.164 e. The van der Waals surface area contributed by atoms with Gasteiger partial charge in [-0.15, -0.1) is 11.3 Å². The lowest BCUT2D eigenvalue weighted by Gasteiger charge is -2.10. The van der Waals surface area contributed by atoms with Gasteiger partial charge in [-0.1, -0.05) is 103 Å². The molecule has 2 aromatic heterocycles. The number of hydrogen-bond acceptors (Lipinski definition) is 4. The van der Waals surface area contributed by atoms with Crippen molar-refractivity contribution < 1.29 is 0 Å². The molecule has 0 aliphatic rings. The second kappa shape index (κ2) is 8.83. The first-order chi connectivity index (χ1) is 19.3. The van der Waals surface area contributed by atoms with Crippen molar-refractivity contribution in [3.05, 3.63) is 127 Å². The molecule has 8 rings (SSSR count). The van der Waals surface area contributed by atoms with Crippen molar-refractivity contribution in [1.82, 2.24) is 15.0 Å². The number of fused-ring (bicyclic) bond motifs is 6. The van der Waals surface area contributed by atoms with Gasteiger partial charge in [0.1, 0.15) is 0 Å². The highest BCUT2D eigenvalue weighted by molar-refractivity contribution is 7.26. The fraction of sp³-hybridized carbons (Fsp3) is 0. The third-order valence-corrected chi connectivity index (χ3v) is 8.43. The standard InChI is InChI=1S/C35H21N3S/c1-2-9-23(10-3-1)33-36-34(26-15-14-22-8-4-5-11-24(22)20-26)38-35(37-33)27-16-18-28-25(21-27)17-19-31-32(28)29-12-6-7-13-30(29)39-31/h1-21H. The fourth-order valence-electron chi connectivity index (χ4n) is 5.37. The van der Waals surface area contributed by atoms with Gasteiger partial charge in [-0.25, -0.2) is 15.0 Å². The first-order valence-electron chi connectivity index (χ1n) is 13.0. The molecule has 0 spiro atoms. The predicted molar refractivity (Wildman–Crippen MR) is 164 cm³/mol. The van der Waals surface area contributed by atoms with Gasteiger partial charge in [-0.05, 0) is 45.8 Å². The summed E-state index contributed by atoms with van der Waals surface area (Å²) >= 11 is 1.84. The van der Waals surface area contributed by atoms with E-state index in [4.69, 9.17) is 15.0 Å². The molecule has 0 aliphatic heterocycles. The van der Waals surface area contributed by atoms with Gasteiger partial charge in [-0.3, -0.25) is 0 Å². The van der Waals surface area contributed by atoms with E-state index in [0.29, 0.717) is 17.5 Å². The molecule has 182 valence electrons. The minimum atomic E-state index is 0.670. The van der Waals surface area contributed by atoms with E-state index in [1.807, 2.05) is 41.7 Å². The van der Waals surface area contributed by atoms with Crippen LogP contribution in [0.2, 0.25) is 0 Å². The Labute approximate surface area is 229 Å². The highest BCUT2D eigenvalue weighted by Gasteiger charge is 2.14. The molecule has 0 saturated carbocycles. The zero-order chi connectivity index (χ0) is 25.8. The molecule has 39 heavy (non-hydrogen) atoms. The molecule has 0 N–H and O–H groups in total. The van der Waals surface area contributed by atoms with Crippen LogP contribution in [0.1, 0.15) is 0 Å². The van der Waals surface area contributed by atoms with Crippen LogP contribution in [0.4, 0.5) is 0 Å². The van der Waals surface area contributed by atoms with Gasteiger partial charge in [0.25, 0.3) is 0 Å². The largest absolute Gasteiger partial charge is 0.208 e. The average Bonchev–Trinajstić information content (AvgIpc) is 3.40. The van der Waals surface area contributed by atoms with Crippen LogP contribution in [0.5, 0.6) is 0 Å². The Bertz CT molecular complexity index is 2180. The van der Waals surface area contributed by atoms with E-state index in [1.165, 1.54) is 36.3 Å². The van der Waals surface area contributed by atoms with Gasteiger partial charge in [0.05, 0.1) is 0 Å². The summed E-state index contributed by atoms with van der Waals surface area (Å²) in [5.74, 6) is 2.01. The van der Waals surface area contributed by atoms with Crippen LogP contribution in [-0.4, -0.2) is 15.0 Å². The second-order valence-electron chi connectivity index (χ2n) is 9.71. The van der Waals surface area contributed by atoms with Crippen LogP contribution in [0.15, 0.2) is 127 Å². The number of thiophene rings is 1. The summed E-state index contributed by atoms with van der Waals surface area (Å²) in [4.78, 5) is 14.9. The number of aromatic nitrogens is 3. The third kappa shape index (κ3) is 3.77. The van der Waals surface area contributed by atoms with Gasteiger partial charge in [0.15, 0.2) is 17.5 Å². The summed E-state index contributed by atoms with van der Waals surface area (Å²) in [7, 11) is 0. The quantitative estimate of drug-likeness (QED) is 0.235. The Morgan fingerprint density at radius 3 is 1.82 bits per heavy atom. The van der Waals surface area contributed by atoms with Crippen molar-refractivity contribution in [1.29, 1.82) is 0 Å². The summed E-state index contributed by atoms with van der Waals surface area (Å²) in [6.45, 7) is 0. The molecule has 0 fully saturated rings. The number of rotatable bonds is 3. The summed E-state index contributed by atoms with van der Waals surface area (Å²) in [5.41, 5.74) is 2.92. The molecule has 6 aromatic carbocycles. The van der Waals surface area contributed by atoms with Crippen molar-refractivity contribution in [2.24, 2.45) is 0 Å². The average molecular weight is 516 g/mol. The normalized spacial score (nSPS) is 11.6. The number of benzene rings is 6. The Balaban J connectivity index is 1.33. The van der Waals surface area contributed by atoms with Crippen LogP contribution in [0, 0.1) is 0 Å². The van der Waals surface area contributed by atoms with Gasteiger partial charge in [-0.2, -0.15) is 0 Å². The Hall–Kier alpha value is -4.93. The van der Waals surface area contributed by atoms with Gasteiger partial charge in [0.2, 0.25) is 0 Å². The molecule has 0 saturated heterocycles. The van der Waals surface area contributed by atoms with Gasteiger partial charge >= 0.3 is 0 Å². The van der Waals surface area contributed by atoms with Crippen molar-refractivity contribution in [2.45, 2.75) is 0 Å². The van der Waals surface area contributed by atoms with Crippen molar-refractivity contribution in [3.63, 3.8) is 0 Å². The smallest absolute Gasteiger partial charge is 0.164 e. The molecule has 0 radical (unpaired) electrons. The molecule has 4 heteroatoms. The molecule has 3 nitrogen and oxygen atoms in total. The van der Waals surface area contributed by atoms with E-state index < -0.39 is 0 Å². The van der Waals surface area contributed by atoms with Crippen molar-refractivity contribution in [2.75, 3.05) is 0 Å². The first-order valence-corrected chi connectivity index (χ1v) is 13.8. The summed E-state index contributed by atoms with van der Waals surface area (Å²) < 4.78 is 2.62. The van der Waals surface area contributed by atoms with E-state index >= 15 is 0 Å². The van der Waals surface area contributed by atoms with Crippen LogP contribution in [0.3, 0.4) is 0 Å². The summed E-state index contributed by atoms with van der Waals surface area (Å²) in [6.07, 6.45) is 0. The third-order valence-electron chi connectivity index (χ3n) is 7.29. The lowest BCUT2D eigenvalue weighted by molar-refractivity contribution is 1.08. The molecule has 0 atom stereocenters. The monoisotopic (exact) mass is 515 g/mol. The topological polar surface area (TPSA) is 38.7 Å². The van der Waals surface area contributed by atoms with E-state index in [2.05, 4.69) is 97.1 Å². The second-order valence-corrected chi connectivity index (χ2v) is 10.8. The number of nitrogens with zero attached hydrogens (tertiary/aromatic N) is 3. The van der Waals surface area contributed by atoms with Crippen LogP contribution in [0.25, 0.3) is 75.9 Å². The molecular formula is C35H21N3S. The Kier molecular flexibility index (Phi) is 5.00. The number of hydrogen-bond donors (Lipinski definition) is 0. The van der Waals surface area contributed by atoms with Crippen LogP contribution < -0.4 is 0 Å². The zero-order valence-electron chi connectivity index (χ0n) is 20.9. The Morgan fingerprint density at radius 1 is 0.385 bits per heavy atom. The summed E-state index contributed by atoms with van der Waals surface area (Å²) in [5, 5.41) is 7.41. The minimum absolute atomic E-state index is 0.670. The molecule has 8 aromatic rings. The molecule has 0 bridgehead atoms. The Morgan fingerprint density at radius 2 is 1.00 bits per heavy atom. The fourth-order valence-corrected chi connectivity index (χ4v) is 6.49.